The maximum Gasteiger partial charge on any atom is 0.188 e. The molecule has 0 saturated carbocycles. The molecule has 0 aromatic carbocycles. The van der Waals surface area contributed by atoms with Crippen LogP contribution in [-0.4, -0.2) is 45.3 Å². The van der Waals surface area contributed by atoms with Crippen LogP contribution in [0.25, 0.3) is 11.0 Å². The minimum absolute atomic E-state index is 0. The number of hydrogen-bond acceptors (Lipinski definition) is 5. The number of guanidine groups is 1. The van der Waals surface area contributed by atoms with Crippen LogP contribution in [0.5, 0.6) is 0 Å². The molecule has 0 bridgehead atoms. The van der Waals surface area contributed by atoms with Crippen LogP contribution in [0.4, 0.5) is 5.82 Å². The fourth-order valence-corrected chi connectivity index (χ4v) is 2.62. The first-order valence-electron chi connectivity index (χ1n) is 9.12. The zero-order valence-electron chi connectivity index (χ0n) is 15.7. The Hall–Kier alpha value is -1.65. The number of hydrogen-bond donors (Lipinski definition) is 3. The Bertz CT molecular complexity index is 670. The van der Waals surface area contributed by atoms with Gasteiger partial charge in [-0.1, -0.05) is 39.0 Å². The summed E-state index contributed by atoms with van der Waals surface area (Å²) in [6.45, 7) is 4.39. The lowest BCUT2D eigenvalue weighted by Crippen LogP contribution is -2.35. The molecule has 0 aliphatic carbocycles. The largest absolute Gasteiger partial charge is 0.370 e. The standard InChI is InChI=1S/C17H30N8.HI/c1-3-4-5-6-7-8-9-20-17(18)21-11-10-19-15-14-12-24-25(2)16(14)23-13-22-15;/h12-13H,3-11H2,1-2H3,(H3,18,20,21)(H,19,22,23);1H. The molecule has 146 valence electrons. The second kappa shape index (κ2) is 12.7. The summed E-state index contributed by atoms with van der Waals surface area (Å²) in [5.41, 5.74) is 6.69. The van der Waals surface area contributed by atoms with E-state index in [4.69, 9.17) is 5.73 Å². The molecule has 0 spiro atoms. The number of unbranched alkanes of at least 4 members (excludes halogenated alkanes) is 5. The zero-order chi connectivity index (χ0) is 17.9. The summed E-state index contributed by atoms with van der Waals surface area (Å²) in [6.07, 6.45) is 10.9. The number of nitrogens with two attached hydrogens (primary N) is 1. The lowest BCUT2D eigenvalue weighted by Gasteiger charge is -2.08. The maximum absolute atomic E-state index is 5.88. The fraction of sp³-hybridized carbons (Fsp3) is 0.647. The van der Waals surface area contributed by atoms with Crippen LogP contribution < -0.4 is 16.4 Å². The van der Waals surface area contributed by atoms with Crippen molar-refractivity contribution in [1.82, 2.24) is 25.1 Å². The third kappa shape index (κ3) is 7.30. The summed E-state index contributed by atoms with van der Waals surface area (Å²) in [6, 6.07) is 0. The molecule has 0 fully saturated rings. The summed E-state index contributed by atoms with van der Waals surface area (Å²) >= 11 is 0. The van der Waals surface area contributed by atoms with Gasteiger partial charge in [0.05, 0.1) is 11.6 Å². The van der Waals surface area contributed by atoms with Crippen molar-refractivity contribution in [2.45, 2.75) is 45.4 Å². The molecule has 0 unspecified atom stereocenters. The Labute approximate surface area is 172 Å². The van der Waals surface area contributed by atoms with Crippen molar-refractivity contribution in [3.8, 4) is 0 Å². The van der Waals surface area contributed by atoms with Gasteiger partial charge in [0.25, 0.3) is 0 Å². The molecule has 0 saturated heterocycles. The summed E-state index contributed by atoms with van der Waals surface area (Å²) in [7, 11) is 1.86. The summed E-state index contributed by atoms with van der Waals surface area (Å²) in [5.74, 6) is 1.28. The molecule has 0 aliphatic heterocycles. The summed E-state index contributed by atoms with van der Waals surface area (Å²) < 4.78 is 1.73. The van der Waals surface area contributed by atoms with Gasteiger partial charge in [-0.25, -0.2) is 9.97 Å². The van der Waals surface area contributed by atoms with Crippen molar-refractivity contribution in [1.29, 1.82) is 0 Å². The number of aryl methyl sites for hydroxylation is 1. The highest BCUT2D eigenvalue weighted by atomic mass is 127. The lowest BCUT2D eigenvalue weighted by atomic mass is 10.1. The first-order chi connectivity index (χ1) is 12.2. The minimum Gasteiger partial charge on any atom is -0.370 e. The predicted octanol–water partition coefficient (Wildman–Crippen LogP) is 2.66. The molecule has 0 amide bonds. The van der Waals surface area contributed by atoms with Gasteiger partial charge in [-0.15, -0.1) is 24.0 Å². The third-order valence-corrected chi connectivity index (χ3v) is 4.05. The van der Waals surface area contributed by atoms with E-state index in [-0.39, 0.29) is 24.0 Å². The molecule has 0 atom stereocenters. The Morgan fingerprint density at radius 1 is 1.15 bits per heavy atom. The number of anilines is 1. The van der Waals surface area contributed by atoms with Crippen LogP contribution >= 0.6 is 24.0 Å². The first-order valence-corrected chi connectivity index (χ1v) is 9.12. The molecule has 8 nitrogen and oxygen atoms in total. The van der Waals surface area contributed by atoms with Crippen LogP contribution in [-0.2, 0) is 7.05 Å². The Morgan fingerprint density at radius 2 is 1.92 bits per heavy atom. The average Bonchev–Trinajstić information content (AvgIpc) is 3.00. The van der Waals surface area contributed by atoms with Crippen molar-refractivity contribution in [2.75, 3.05) is 25.0 Å². The first kappa shape index (κ1) is 22.4. The lowest BCUT2D eigenvalue weighted by molar-refractivity contribution is 0.611. The number of fused-ring (bicyclic) bond motifs is 1. The van der Waals surface area contributed by atoms with Crippen LogP contribution in [0.3, 0.4) is 0 Å². The van der Waals surface area contributed by atoms with Gasteiger partial charge in [0, 0.05) is 26.7 Å². The van der Waals surface area contributed by atoms with Crippen LogP contribution in [0.15, 0.2) is 17.5 Å². The topological polar surface area (TPSA) is 106 Å². The Balaban J connectivity index is 0.00000338. The monoisotopic (exact) mass is 474 g/mol. The van der Waals surface area contributed by atoms with Gasteiger partial charge >= 0.3 is 0 Å². The van der Waals surface area contributed by atoms with Crippen molar-refractivity contribution >= 4 is 46.8 Å². The van der Waals surface area contributed by atoms with E-state index in [9.17, 15) is 0 Å². The molecule has 26 heavy (non-hydrogen) atoms. The normalized spacial score (nSPS) is 11.4. The van der Waals surface area contributed by atoms with Gasteiger partial charge in [0.2, 0.25) is 0 Å². The van der Waals surface area contributed by atoms with E-state index < -0.39 is 0 Å². The van der Waals surface area contributed by atoms with E-state index in [0.29, 0.717) is 19.0 Å². The average molecular weight is 474 g/mol. The quantitative estimate of drug-likeness (QED) is 0.200. The fourth-order valence-electron chi connectivity index (χ4n) is 2.62. The van der Waals surface area contributed by atoms with Crippen molar-refractivity contribution < 1.29 is 0 Å². The van der Waals surface area contributed by atoms with Crippen molar-refractivity contribution in [3.05, 3.63) is 12.5 Å². The molecule has 2 aromatic rings. The van der Waals surface area contributed by atoms with Crippen molar-refractivity contribution in [3.63, 3.8) is 0 Å². The second-order valence-corrected chi connectivity index (χ2v) is 6.12. The summed E-state index contributed by atoms with van der Waals surface area (Å²) in [4.78, 5) is 12.8. The van der Waals surface area contributed by atoms with E-state index in [1.165, 1.54) is 38.4 Å². The zero-order valence-corrected chi connectivity index (χ0v) is 18.1. The molecular weight excluding hydrogens is 443 g/mol. The molecule has 2 rings (SSSR count). The van der Waals surface area contributed by atoms with Crippen molar-refractivity contribution in [2.24, 2.45) is 17.8 Å². The van der Waals surface area contributed by atoms with Gasteiger partial charge in [0.1, 0.15) is 12.1 Å². The number of nitrogens with zero attached hydrogens (tertiary/aromatic N) is 5. The molecule has 9 heteroatoms. The highest BCUT2D eigenvalue weighted by Crippen LogP contribution is 2.16. The Morgan fingerprint density at radius 3 is 2.73 bits per heavy atom. The van der Waals surface area contributed by atoms with E-state index in [1.807, 2.05) is 7.05 Å². The van der Waals surface area contributed by atoms with Gasteiger partial charge in [-0.3, -0.25) is 9.67 Å². The molecule has 2 aromatic heterocycles. The maximum atomic E-state index is 5.88. The minimum atomic E-state index is 0. The van der Waals surface area contributed by atoms with E-state index in [1.54, 1.807) is 10.9 Å². The number of nitrogens with one attached hydrogen (secondary N) is 2. The third-order valence-electron chi connectivity index (χ3n) is 4.05. The van der Waals surface area contributed by atoms with Gasteiger partial charge in [-0.05, 0) is 6.42 Å². The molecule has 2 heterocycles. The summed E-state index contributed by atoms with van der Waals surface area (Å²) in [5, 5.41) is 11.5. The highest BCUT2D eigenvalue weighted by molar-refractivity contribution is 14.0. The molecule has 0 aliphatic rings. The van der Waals surface area contributed by atoms with E-state index in [0.717, 1.165) is 29.8 Å². The second-order valence-electron chi connectivity index (χ2n) is 6.12. The predicted molar refractivity (Wildman–Crippen MR) is 118 cm³/mol. The number of aliphatic imine (C=N–C) groups is 1. The number of aromatic nitrogens is 4. The number of halogens is 1. The highest BCUT2D eigenvalue weighted by Gasteiger charge is 2.06. The number of rotatable bonds is 11. The van der Waals surface area contributed by atoms with Crippen LogP contribution in [0.1, 0.15) is 45.4 Å². The van der Waals surface area contributed by atoms with Gasteiger partial charge < -0.3 is 16.4 Å². The van der Waals surface area contributed by atoms with E-state index >= 15 is 0 Å². The van der Waals surface area contributed by atoms with Crippen LogP contribution in [0, 0.1) is 0 Å². The van der Waals surface area contributed by atoms with Gasteiger partial charge in [-0.2, -0.15) is 5.10 Å². The SMILES string of the molecule is CCCCCCCCN=C(N)NCCNc1ncnc2c1cnn2C.I. The molecule has 0 radical (unpaired) electrons. The Kier molecular flexibility index (Phi) is 10.9. The smallest absolute Gasteiger partial charge is 0.188 e. The molecular formula is C17H31IN8. The van der Waals surface area contributed by atoms with Gasteiger partial charge in [0.15, 0.2) is 11.6 Å². The van der Waals surface area contributed by atoms with Crippen LogP contribution in [0.2, 0.25) is 0 Å². The molecule has 4 N–H and O–H groups in total. The van der Waals surface area contributed by atoms with E-state index in [2.05, 4.69) is 37.6 Å².